The molecule has 0 spiro atoms. The van der Waals surface area contributed by atoms with Crippen molar-refractivity contribution < 1.29 is 27.8 Å². The van der Waals surface area contributed by atoms with E-state index >= 15 is 4.39 Å². The minimum absolute atomic E-state index is 0.274. The molecule has 0 unspecified atom stereocenters. The summed E-state index contributed by atoms with van der Waals surface area (Å²) in [6.07, 6.45) is 4.03. The van der Waals surface area contributed by atoms with Crippen LogP contribution in [0.5, 0.6) is 5.75 Å². The van der Waals surface area contributed by atoms with E-state index < -0.39 is 51.4 Å². The van der Waals surface area contributed by atoms with Crippen LogP contribution in [-0.2, 0) is 0 Å². The van der Waals surface area contributed by atoms with Crippen LogP contribution in [0.4, 0.5) is 18.0 Å². The number of benzene rings is 1. The van der Waals surface area contributed by atoms with Crippen molar-refractivity contribution in [2.24, 2.45) is 0 Å². The van der Waals surface area contributed by atoms with E-state index in [2.05, 4.69) is 9.72 Å². The van der Waals surface area contributed by atoms with Crippen molar-refractivity contribution in [1.29, 1.82) is 0 Å². The van der Waals surface area contributed by atoms with Gasteiger partial charge in [-0.05, 0) is 12.8 Å². The summed E-state index contributed by atoms with van der Waals surface area (Å²) in [6.45, 7) is 0. The van der Waals surface area contributed by atoms with Gasteiger partial charge in [0.1, 0.15) is 5.69 Å². The summed E-state index contributed by atoms with van der Waals surface area (Å²) >= 11 is 0. The second-order valence-corrected chi connectivity index (χ2v) is 5.81. The number of carbonyl (C=O) groups is 1. The number of fused-ring (bicyclic) bond motifs is 1. The lowest BCUT2D eigenvalue weighted by Gasteiger charge is -2.16. The van der Waals surface area contributed by atoms with Crippen molar-refractivity contribution in [3.05, 3.63) is 52.6 Å². The molecule has 0 aliphatic heterocycles. The zero-order chi connectivity index (χ0) is 18.6. The fraction of sp³-hybridized carbons (Fsp3) is 0.188. The first-order valence-corrected chi connectivity index (χ1v) is 7.54. The Morgan fingerprint density at radius 2 is 1.96 bits per heavy atom. The topological polar surface area (TPSA) is 86.3 Å². The summed E-state index contributed by atoms with van der Waals surface area (Å²) in [7, 11) is 0. The summed E-state index contributed by atoms with van der Waals surface area (Å²) in [5.41, 5.74) is -2.40. The van der Waals surface area contributed by atoms with Crippen LogP contribution in [0, 0.1) is 17.5 Å². The quantitative estimate of drug-likeness (QED) is 0.570. The van der Waals surface area contributed by atoms with Gasteiger partial charge in [0.2, 0.25) is 5.43 Å². The van der Waals surface area contributed by atoms with Crippen LogP contribution >= 0.6 is 0 Å². The van der Waals surface area contributed by atoms with E-state index in [1.807, 2.05) is 0 Å². The standard InChI is InChI=1S/C16H10F3N3O4/c17-10-9-13(12(19)14(11(10)18)21-4-3-20-6-21)22(7-1-2-7)5-8(15(9)23)26-16(24)25/h3-7H,1-2H2,(H,24,25). The molecule has 1 aromatic carbocycles. The predicted octanol–water partition coefficient (Wildman–Crippen LogP) is 3.00. The van der Waals surface area contributed by atoms with Gasteiger partial charge in [0, 0.05) is 18.4 Å². The molecule has 1 N–H and O–H groups in total. The molecule has 10 heteroatoms. The average Bonchev–Trinajstić information content (AvgIpc) is 3.30. The van der Waals surface area contributed by atoms with Gasteiger partial charge in [-0.1, -0.05) is 0 Å². The molecule has 0 amide bonds. The number of rotatable bonds is 3. The molecule has 1 saturated carbocycles. The van der Waals surface area contributed by atoms with Gasteiger partial charge in [0.15, 0.2) is 23.2 Å². The largest absolute Gasteiger partial charge is 0.511 e. The van der Waals surface area contributed by atoms with E-state index in [9.17, 15) is 18.4 Å². The molecule has 26 heavy (non-hydrogen) atoms. The molecule has 2 aromatic heterocycles. The first kappa shape index (κ1) is 16.2. The predicted molar refractivity (Wildman–Crippen MR) is 82.1 cm³/mol. The Labute approximate surface area is 142 Å². The first-order chi connectivity index (χ1) is 12.4. The highest BCUT2D eigenvalue weighted by molar-refractivity contribution is 5.85. The molecule has 1 fully saturated rings. The van der Waals surface area contributed by atoms with Crippen molar-refractivity contribution in [2.75, 3.05) is 0 Å². The molecule has 0 bridgehead atoms. The van der Waals surface area contributed by atoms with Gasteiger partial charge >= 0.3 is 6.16 Å². The van der Waals surface area contributed by atoms with E-state index in [-0.39, 0.29) is 6.04 Å². The molecule has 0 saturated heterocycles. The fourth-order valence-electron chi connectivity index (χ4n) is 2.88. The molecule has 1 aliphatic carbocycles. The normalized spacial score (nSPS) is 14.0. The summed E-state index contributed by atoms with van der Waals surface area (Å²) in [5, 5.41) is 7.84. The van der Waals surface area contributed by atoms with Crippen LogP contribution in [-0.4, -0.2) is 25.4 Å². The van der Waals surface area contributed by atoms with Gasteiger partial charge < -0.3 is 19.0 Å². The fourth-order valence-corrected chi connectivity index (χ4v) is 2.88. The number of hydrogen-bond acceptors (Lipinski definition) is 4. The number of halogens is 3. The van der Waals surface area contributed by atoms with Gasteiger partial charge in [-0.25, -0.2) is 22.9 Å². The Morgan fingerprint density at radius 1 is 1.23 bits per heavy atom. The Bertz CT molecular complexity index is 1100. The second kappa shape index (κ2) is 5.61. The zero-order valence-corrected chi connectivity index (χ0v) is 12.9. The Balaban J connectivity index is 2.15. The lowest BCUT2D eigenvalue weighted by atomic mass is 10.1. The van der Waals surface area contributed by atoms with Crippen molar-refractivity contribution in [3.8, 4) is 11.4 Å². The third-order valence-electron chi connectivity index (χ3n) is 4.14. The van der Waals surface area contributed by atoms with Crippen LogP contribution in [0.25, 0.3) is 16.6 Å². The number of aromatic nitrogens is 3. The molecule has 7 nitrogen and oxygen atoms in total. The van der Waals surface area contributed by atoms with E-state index in [1.54, 1.807) is 0 Å². The van der Waals surface area contributed by atoms with Crippen LogP contribution in [0.3, 0.4) is 0 Å². The van der Waals surface area contributed by atoms with Crippen LogP contribution in [0.1, 0.15) is 18.9 Å². The van der Waals surface area contributed by atoms with E-state index in [0.717, 1.165) is 17.1 Å². The van der Waals surface area contributed by atoms with E-state index in [4.69, 9.17) is 5.11 Å². The van der Waals surface area contributed by atoms with Crippen molar-refractivity contribution in [2.45, 2.75) is 18.9 Å². The van der Waals surface area contributed by atoms with Gasteiger partial charge in [-0.15, -0.1) is 0 Å². The highest BCUT2D eigenvalue weighted by Crippen LogP contribution is 2.40. The molecule has 134 valence electrons. The Hall–Kier alpha value is -3.30. The smallest absolute Gasteiger partial charge is 0.449 e. The average molecular weight is 365 g/mol. The number of pyridine rings is 1. The van der Waals surface area contributed by atoms with Gasteiger partial charge in [-0.3, -0.25) is 4.79 Å². The SMILES string of the molecule is O=C(O)Oc1cn(C2CC2)c2c(F)c(-n3ccnc3)c(F)c(F)c2c1=O. The van der Waals surface area contributed by atoms with Gasteiger partial charge in [-0.2, -0.15) is 0 Å². The lowest BCUT2D eigenvalue weighted by Crippen LogP contribution is -2.19. The summed E-state index contributed by atoms with van der Waals surface area (Å²) in [4.78, 5) is 26.8. The van der Waals surface area contributed by atoms with Crippen LogP contribution < -0.4 is 10.2 Å². The van der Waals surface area contributed by atoms with Crippen molar-refractivity contribution >= 4 is 17.1 Å². The summed E-state index contributed by atoms with van der Waals surface area (Å²) in [6, 6.07) is -0.274. The molecular formula is C16H10F3N3O4. The van der Waals surface area contributed by atoms with E-state index in [0.29, 0.717) is 12.8 Å². The maximum absolute atomic E-state index is 15.1. The maximum Gasteiger partial charge on any atom is 0.511 e. The lowest BCUT2D eigenvalue weighted by molar-refractivity contribution is 0.143. The van der Waals surface area contributed by atoms with E-state index in [1.165, 1.54) is 17.0 Å². The second-order valence-electron chi connectivity index (χ2n) is 5.81. The third-order valence-corrected chi connectivity index (χ3v) is 4.14. The first-order valence-electron chi connectivity index (χ1n) is 7.54. The van der Waals surface area contributed by atoms with Crippen molar-refractivity contribution in [1.82, 2.24) is 14.1 Å². The number of hydrogen-bond donors (Lipinski definition) is 1. The molecule has 1 aliphatic rings. The Morgan fingerprint density at radius 3 is 2.54 bits per heavy atom. The third kappa shape index (κ3) is 2.33. The number of ether oxygens (including phenoxy) is 1. The molecule has 0 atom stereocenters. The van der Waals surface area contributed by atoms with Gasteiger partial charge in [0.05, 0.1) is 23.4 Å². The minimum atomic E-state index is -1.79. The molecule has 0 radical (unpaired) electrons. The number of nitrogens with zero attached hydrogens (tertiary/aromatic N) is 3. The monoisotopic (exact) mass is 365 g/mol. The molecule has 2 heterocycles. The minimum Gasteiger partial charge on any atom is -0.449 e. The Kier molecular flexibility index (Phi) is 3.49. The van der Waals surface area contributed by atoms with Crippen molar-refractivity contribution in [3.63, 3.8) is 0 Å². The zero-order valence-electron chi connectivity index (χ0n) is 12.9. The highest BCUT2D eigenvalue weighted by atomic mass is 19.2. The number of imidazole rings is 1. The van der Waals surface area contributed by atoms with Gasteiger partial charge in [0.25, 0.3) is 0 Å². The summed E-state index contributed by atoms with van der Waals surface area (Å²) < 4.78 is 50.9. The highest BCUT2D eigenvalue weighted by Gasteiger charge is 2.32. The number of carboxylic acid groups (broad SMARTS) is 1. The summed E-state index contributed by atoms with van der Waals surface area (Å²) in [5.74, 6) is -5.03. The maximum atomic E-state index is 15.1. The molecule has 4 rings (SSSR count). The molecule has 3 aromatic rings. The molecular weight excluding hydrogens is 355 g/mol. The van der Waals surface area contributed by atoms with Crippen LogP contribution in [0.15, 0.2) is 29.7 Å². The van der Waals surface area contributed by atoms with Crippen LogP contribution in [0.2, 0.25) is 0 Å².